The fourth-order valence-electron chi connectivity index (χ4n) is 2.73. The lowest BCUT2D eigenvalue weighted by Gasteiger charge is -2.24. The van der Waals surface area contributed by atoms with Crippen LogP contribution in [0.4, 0.5) is 4.79 Å². The summed E-state index contributed by atoms with van der Waals surface area (Å²) in [4.78, 5) is 12.1. The van der Waals surface area contributed by atoms with Gasteiger partial charge in [-0.25, -0.2) is 4.79 Å². The van der Waals surface area contributed by atoms with Gasteiger partial charge < -0.3 is 10.6 Å². The summed E-state index contributed by atoms with van der Waals surface area (Å²) in [6.45, 7) is 4.26. The van der Waals surface area contributed by atoms with Crippen LogP contribution in [0, 0.1) is 5.92 Å². The Morgan fingerprint density at radius 1 is 1.16 bits per heavy atom. The Kier molecular flexibility index (Phi) is 4.83. The van der Waals surface area contributed by atoms with Gasteiger partial charge in [-0.2, -0.15) is 0 Å². The maximum Gasteiger partial charge on any atom is 0.315 e. The zero-order chi connectivity index (χ0) is 13.7. The third-order valence-corrected chi connectivity index (χ3v) is 3.80. The number of nitrogens with one attached hydrogen (secondary N) is 2. The molecule has 0 unspecified atom stereocenters. The first-order chi connectivity index (χ1) is 9.16. The first kappa shape index (κ1) is 13.9. The van der Waals surface area contributed by atoms with Crippen LogP contribution in [0.25, 0.3) is 0 Å². The van der Waals surface area contributed by atoms with Gasteiger partial charge in [0.25, 0.3) is 0 Å². The lowest BCUT2D eigenvalue weighted by atomic mass is 9.96. The van der Waals surface area contributed by atoms with Gasteiger partial charge in [0.15, 0.2) is 0 Å². The van der Waals surface area contributed by atoms with Crippen LogP contribution >= 0.6 is 0 Å². The summed E-state index contributed by atoms with van der Waals surface area (Å²) in [7, 11) is 0. The fourth-order valence-corrected chi connectivity index (χ4v) is 2.73. The molecule has 2 amide bonds. The molecule has 1 aromatic rings. The molecule has 3 nitrogen and oxygen atoms in total. The number of carbonyl (C=O) groups excluding carboxylic acids is 1. The minimum absolute atomic E-state index is 0.0329. The van der Waals surface area contributed by atoms with Gasteiger partial charge in [-0.1, -0.05) is 57.0 Å². The van der Waals surface area contributed by atoms with Crippen molar-refractivity contribution in [2.24, 2.45) is 5.92 Å². The number of benzene rings is 1. The number of hydrogen-bond acceptors (Lipinski definition) is 1. The Morgan fingerprint density at radius 3 is 2.37 bits per heavy atom. The van der Waals surface area contributed by atoms with Crippen molar-refractivity contribution in [2.45, 2.75) is 51.6 Å². The zero-order valence-electron chi connectivity index (χ0n) is 11.9. The van der Waals surface area contributed by atoms with E-state index in [9.17, 15) is 4.79 Å². The van der Waals surface area contributed by atoms with Crippen LogP contribution in [-0.4, -0.2) is 12.1 Å². The molecule has 0 aliphatic heterocycles. The number of rotatable bonds is 4. The highest BCUT2D eigenvalue weighted by atomic mass is 16.2. The maximum atomic E-state index is 12.1. The average Bonchev–Trinajstić information content (AvgIpc) is 2.89. The van der Waals surface area contributed by atoms with Gasteiger partial charge in [0.2, 0.25) is 0 Å². The lowest BCUT2D eigenvalue weighted by molar-refractivity contribution is 0.229. The number of urea groups is 1. The lowest BCUT2D eigenvalue weighted by Crippen LogP contribution is -2.43. The summed E-state index contributed by atoms with van der Waals surface area (Å²) in [5.41, 5.74) is 1.17. The highest BCUT2D eigenvalue weighted by Crippen LogP contribution is 2.22. The van der Waals surface area contributed by atoms with Gasteiger partial charge in [0.05, 0.1) is 6.04 Å². The highest BCUT2D eigenvalue weighted by Gasteiger charge is 2.21. The van der Waals surface area contributed by atoms with Crippen molar-refractivity contribution >= 4 is 6.03 Å². The molecule has 0 radical (unpaired) electrons. The van der Waals surface area contributed by atoms with E-state index >= 15 is 0 Å². The predicted octanol–water partition coefficient (Wildman–Crippen LogP) is 3.63. The molecule has 1 atom stereocenters. The summed E-state index contributed by atoms with van der Waals surface area (Å²) in [6, 6.07) is 10.6. The first-order valence-corrected chi connectivity index (χ1v) is 7.29. The van der Waals surface area contributed by atoms with Crippen molar-refractivity contribution in [3.63, 3.8) is 0 Å². The first-order valence-electron chi connectivity index (χ1n) is 7.29. The highest BCUT2D eigenvalue weighted by molar-refractivity contribution is 5.74. The van der Waals surface area contributed by atoms with Crippen molar-refractivity contribution in [1.29, 1.82) is 0 Å². The quantitative estimate of drug-likeness (QED) is 0.853. The van der Waals surface area contributed by atoms with Gasteiger partial charge in [-0.05, 0) is 24.3 Å². The SMILES string of the molecule is CC(C)[C@@H](NC(=O)NC1CCCC1)c1ccccc1. The minimum atomic E-state index is -0.0329. The Hall–Kier alpha value is -1.51. The molecule has 104 valence electrons. The molecule has 0 aromatic heterocycles. The van der Waals surface area contributed by atoms with E-state index in [0.29, 0.717) is 12.0 Å². The van der Waals surface area contributed by atoms with E-state index < -0.39 is 0 Å². The van der Waals surface area contributed by atoms with Crippen molar-refractivity contribution < 1.29 is 4.79 Å². The molecular formula is C16H24N2O. The van der Waals surface area contributed by atoms with E-state index in [2.05, 4.69) is 36.6 Å². The van der Waals surface area contributed by atoms with Crippen LogP contribution in [-0.2, 0) is 0 Å². The van der Waals surface area contributed by atoms with E-state index in [0.717, 1.165) is 12.8 Å². The largest absolute Gasteiger partial charge is 0.335 e. The molecule has 2 N–H and O–H groups in total. The molecule has 0 spiro atoms. The van der Waals surface area contributed by atoms with Crippen LogP contribution in [0.2, 0.25) is 0 Å². The van der Waals surface area contributed by atoms with Crippen LogP contribution in [0.5, 0.6) is 0 Å². The molecule has 1 saturated carbocycles. The van der Waals surface area contributed by atoms with Crippen LogP contribution < -0.4 is 10.6 Å². The van der Waals surface area contributed by atoms with Crippen molar-refractivity contribution in [3.05, 3.63) is 35.9 Å². The molecule has 1 aromatic carbocycles. The van der Waals surface area contributed by atoms with Crippen molar-refractivity contribution in [2.75, 3.05) is 0 Å². The van der Waals surface area contributed by atoms with Crippen molar-refractivity contribution in [1.82, 2.24) is 10.6 Å². The number of amides is 2. The summed E-state index contributed by atoms with van der Waals surface area (Å²) >= 11 is 0. The normalized spacial score (nSPS) is 17.4. The van der Waals surface area contributed by atoms with Gasteiger partial charge in [-0.15, -0.1) is 0 Å². The summed E-state index contributed by atoms with van der Waals surface area (Å²) in [6.07, 6.45) is 4.70. The monoisotopic (exact) mass is 260 g/mol. The standard InChI is InChI=1S/C16H24N2O/c1-12(2)15(13-8-4-3-5-9-13)18-16(19)17-14-10-6-7-11-14/h3-5,8-9,12,14-15H,6-7,10-11H2,1-2H3,(H2,17,18,19)/t15-/m1/s1. The molecule has 0 heterocycles. The van der Waals surface area contributed by atoms with Crippen LogP contribution in [0.15, 0.2) is 30.3 Å². The molecule has 1 aliphatic carbocycles. The van der Waals surface area contributed by atoms with Crippen LogP contribution in [0.1, 0.15) is 51.1 Å². The fraction of sp³-hybridized carbons (Fsp3) is 0.562. The van der Waals surface area contributed by atoms with Gasteiger partial charge in [-0.3, -0.25) is 0 Å². The van der Waals surface area contributed by atoms with Gasteiger partial charge in [0.1, 0.15) is 0 Å². The second-order valence-electron chi connectivity index (χ2n) is 5.73. The molecule has 19 heavy (non-hydrogen) atoms. The Bertz CT molecular complexity index is 396. The summed E-state index contributed by atoms with van der Waals surface area (Å²) in [5, 5.41) is 6.19. The van der Waals surface area contributed by atoms with E-state index in [1.54, 1.807) is 0 Å². The molecule has 3 heteroatoms. The van der Waals surface area contributed by atoms with E-state index in [4.69, 9.17) is 0 Å². The number of hydrogen-bond donors (Lipinski definition) is 2. The van der Waals surface area contributed by atoms with E-state index in [1.807, 2.05) is 18.2 Å². The summed E-state index contributed by atoms with van der Waals surface area (Å²) < 4.78 is 0. The van der Waals surface area contributed by atoms with Gasteiger partial charge >= 0.3 is 6.03 Å². The molecule has 1 fully saturated rings. The zero-order valence-corrected chi connectivity index (χ0v) is 11.9. The minimum Gasteiger partial charge on any atom is -0.335 e. The van der Waals surface area contributed by atoms with E-state index in [-0.39, 0.29) is 12.1 Å². The maximum absolute atomic E-state index is 12.1. The molecular weight excluding hydrogens is 236 g/mol. The van der Waals surface area contributed by atoms with Crippen molar-refractivity contribution in [3.8, 4) is 0 Å². The van der Waals surface area contributed by atoms with Crippen LogP contribution in [0.3, 0.4) is 0 Å². The van der Waals surface area contributed by atoms with Gasteiger partial charge in [0, 0.05) is 6.04 Å². The Labute approximate surface area is 115 Å². The predicted molar refractivity (Wildman–Crippen MR) is 77.9 cm³/mol. The molecule has 0 bridgehead atoms. The topological polar surface area (TPSA) is 41.1 Å². The number of carbonyl (C=O) groups is 1. The second kappa shape index (κ2) is 6.60. The third-order valence-electron chi connectivity index (χ3n) is 3.80. The Morgan fingerprint density at radius 2 is 1.79 bits per heavy atom. The molecule has 2 rings (SSSR count). The second-order valence-corrected chi connectivity index (χ2v) is 5.73. The Balaban J connectivity index is 1.95. The smallest absolute Gasteiger partial charge is 0.315 e. The molecule has 1 aliphatic rings. The van der Waals surface area contributed by atoms with E-state index in [1.165, 1.54) is 18.4 Å². The molecule has 0 saturated heterocycles. The average molecular weight is 260 g/mol. The third kappa shape index (κ3) is 3.98. The summed E-state index contributed by atoms with van der Waals surface area (Å²) in [5.74, 6) is 0.372.